The number of pyridine rings is 1. The molecule has 0 atom stereocenters. The Kier molecular flexibility index (Phi) is 4.09. The number of carbonyl (C=O) groups is 1. The lowest BCUT2D eigenvalue weighted by molar-refractivity contribution is 0.0698. The number of rotatable bonds is 4. The third-order valence-electron chi connectivity index (χ3n) is 2.59. The van der Waals surface area contributed by atoms with Gasteiger partial charge in [-0.1, -0.05) is 0 Å². The molecule has 0 aliphatic heterocycles. The molecule has 2 aromatic rings. The summed E-state index contributed by atoms with van der Waals surface area (Å²) < 4.78 is 5.91. The third-order valence-corrected chi connectivity index (χ3v) is 3.21. The average Bonchev–Trinajstić information content (AvgIpc) is 2.41. The molecular formula is C13H12BrN3O3. The molecule has 0 spiro atoms. The Labute approximate surface area is 123 Å². The van der Waals surface area contributed by atoms with Gasteiger partial charge in [-0.25, -0.2) is 9.78 Å². The molecule has 1 heterocycles. The van der Waals surface area contributed by atoms with Gasteiger partial charge in [0, 0.05) is 5.69 Å². The van der Waals surface area contributed by atoms with Crippen LogP contribution in [0.2, 0.25) is 0 Å². The number of carboxylic acid groups (broad SMARTS) is 1. The monoisotopic (exact) mass is 337 g/mol. The van der Waals surface area contributed by atoms with E-state index in [0.29, 0.717) is 11.6 Å². The summed E-state index contributed by atoms with van der Waals surface area (Å²) in [6, 6.07) is 6.76. The van der Waals surface area contributed by atoms with Crippen LogP contribution in [0, 0.1) is 0 Å². The number of aromatic nitrogens is 1. The van der Waals surface area contributed by atoms with Crippen molar-refractivity contribution in [2.75, 3.05) is 18.2 Å². The number of anilines is 3. The van der Waals surface area contributed by atoms with Crippen molar-refractivity contribution in [2.24, 2.45) is 0 Å². The standard InChI is InChI=1S/C13H12BrN3O3/c1-20-11-3-2-7(4-9(11)14)17-12-5-8(13(18)19)10(15)6-16-12/h2-6H,15H2,1H3,(H,16,17)(H,18,19). The van der Waals surface area contributed by atoms with E-state index in [9.17, 15) is 4.79 Å². The number of aromatic carboxylic acids is 1. The highest BCUT2D eigenvalue weighted by Crippen LogP contribution is 2.29. The highest BCUT2D eigenvalue weighted by atomic mass is 79.9. The molecule has 4 N–H and O–H groups in total. The summed E-state index contributed by atoms with van der Waals surface area (Å²) >= 11 is 3.37. The number of hydrogen-bond donors (Lipinski definition) is 3. The van der Waals surface area contributed by atoms with E-state index in [1.807, 2.05) is 0 Å². The molecule has 1 aromatic carbocycles. The summed E-state index contributed by atoms with van der Waals surface area (Å²) in [5.74, 6) is 0.00423. The number of hydrogen-bond acceptors (Lipinski definition) is 5. The Hall–Kier alpha value is -2.28. The van der Waals surface area contributed by atoms with Crippen LogP contribution in [0.1, 0.15) is 10.4 Å². The summed E-state index contributed by atoms with van der Waals surface area (Å²) in [5, 5.41) is 12.0. The molecule has 0 saturated carbocycles. The molecule has 0 saturated heterocycles. The number of nitrogens with one attached hydrogen (secondary N) is 1. The van der Waals surface area contributed by atoms with Crippen molar-refractivity contribution in [2.45, 2.75) is 0 Å². The maximum atomic E-state index is 11.0. The Bertz CT molecular complexity index is 661. The SMILES string of the molecule is COc1ccc(Nc2cc(C(=O)O)c(N)cn2)cc1Br. The topological polar surface area (TPSA) is 97.5 Å². The molecule has 0 radical (unpaired) electrons. The van der Waals surface area contributed by atoms with Crippen LogP contribution in [-0.2, 0) is 0 Å². The summed E-state index contributed by atoms with van der Waals surface area (Å²) in [7, 11) is 1.58. The number of nitrogens with two attached hydrogens (primary N) is 1. The van der Waals surface area contributed by atoms with Gasteiger partial charge in [0.2, 0.25) is 0 Å². The summed E-state index contributed by atoms with van der Waals surface area (Å²) in [6.07, 6.45) is 1.31. The van der Waals surface area contributed by atoms with Gasteiger partial charge in [-0.05, 0) is 40.2 Å². The van der Waals surface area contributed by atoms with Gasteiger partial charge in [0.05, 0.1) is 29.0 Å². The number of ether oxygens (including phenoxy) is 1. The number of nitrogens with zero attached hydrogens (tertiary/aromatic N) is 1. The van der Waals surface area contributed by atoms with Crippen molar-refractivity contribution >= 4 is 39.1 Å². The predicted molar refractivity (Wildman–Crippen MR) is 79.6 cm³/mol. The minimum atomic E-state index is -1.09. The van der Waals surface area contributed by atoms with E-state index in [2.05, 4.69) is 26.2 Å². The van der Waals surface area contributed by atoms with E-state index >= 15 is 0 Å². The van der Waals surface area contributed by atoms with Crippen LogP contribution < -0.4 is 15.8 Å². The third kappa shape index (κ3) is 3.00. The van der Waals surface area contributed by atoms with Gasteiger partial charge in [0.1, 0.15) is 11.6 Å². The molecule has 2 rings (SSSR count). The zero-order chi connectivity index (χ0) is 14.7. The summed E-state index contributed by atoms with van der Waals surface area (Å²) in [5.41, 5.74) is 6.43. The number of halogens is 1. The van der Waals surface area contributed by atoms with Gasteiger partial charge in [0.25, 0.3) is 0 Å². The molecule has 20 heavy (non-hydrogen) atoms. The van der Waals surface area contributed by atoms with Gasteiger partial charge in [0.15, 0.2) is 0 Å². The van der Waals surface area contributed by atoms with E-state index in [-0.39, 0.29) is 11.3 Å². The average molecular weight is 338 g/mol. The van der Waals surface area contributed by atoms with Gasteiger partial charge < -0.3 is 20.9 Å². The van der Waals surface area contributed by atoms with Gasteiger partial charge in [-0.15, -0.1) is 0 Å². The van der Waals surface area contributed by atoms with Crippen molar-refractivity contribution in [3.8, 4) is 5.75 Å². The fourth-order valence-corrected chi connectivity index (χ4v) is 2.15. The van der Waals surface area contributed by atoms with E-state index in [1.165, 1.54) is 12.3 Å². The molecule has 0 bridgehead atoms. The smallest absolute Gasteiger partial charge is 0.337 e. The second-order valence-corrected chi connectivity index (χ2v) is 4.79. The van der Waals surface area contributed by atoms with Crippen LogP contribution in [0.15, 0.2) is 34.9 Å². The minimum absolute atomic E-state index is 0.00933. The lowest BCUT2D eigenvalue weighted by Gasteiger charge is -2.09. The summed E-state index contributed by atoms with van der Waals surface area (Å²) in [6.45, 7) is 0. The van der Waals surface area contributed by atoms with Gasteiger partial charge in [-0.2, -0.15) is 0 Å². The molecule has 0 amide bonds. The second-order valence-electron chi connectivity index (χ2n) is 3.94. The lowest BCUT2D eigenvalue weighted by Crippen LogP contribution is -2.05. The van der Waals surface area contributed by atoms with Crippen molar-refractivity contribution in [1.29, 1.82) is 0 Å². The quantitative estimate of drug-likeness (QED) is 0.793. The first kappa shape index (κ1) is 14.1. The normalized spacial score (nSPS) is 10.1. The lowest BCUT2D eigenvalue weighted by atomic mass is 10.2. The maximum absolute atomic E-state index is 11.0. The Morgan fingerprint density at radius 1 is 1.45 bits per heavy atom. The first-order valence-electron chi connectivity index (χ1n) is 5.60. The van der Waals surface area contributed by atoms with Crippen molar-refractivity contribution in [3.05, 3.63) is 40.5 Å². The molecule has 1 aromatic heterocycles. The number of benzene rings is 1. The van der Waals surface area contributed by atoms with E-state index in [0.717, 1.165) is 10.2 Å². The van der Waals surface area contributed by atoms with E-state index < -0.39 is 5.97 Å². The first-order valence-corrected chi connectivity index (χ1v) is 6.40. The first-order chi connectivity index (χ1) is 9.51. The molecule has 6 nitrogen and oxygen atoms in total. The second kappa shape index (κ2) is 5.79. The molecule has 0 aliphatic rings. The number of carboxylic acids is 1. The van der Waals surface area contributed by atoms with Crippen LogP contribution in [0.4, 0.5) is 17.2 Å². The molecule has 0 aliphatic carbocycles. The molecular weight excluding hydrogens is 326 g/mol. The Balaban J connectivity index is 2.28. The van der Waals surface area contributed by atoms with Crippen LogP contribution in [-0.4, -0.2) is 23.2 Å². The maximum Gasteiger partial charge on any atom is 0.337 e. The number of methoxy groups -OCH3 is 1. The highest BCUT2D eigenvalue weighted by molar-refractivity contribution is 9.10. The van der Waals surface area contributed by atoms with Crippen LogP contribution >= 0.6 is 15.9 Å². The molecule has 0 unspecified atom stereocenters. The zero-order valence-electron chi connectivity index (χ0n) is 10.6. The van der Waals surface area contributed by atoms with Crippen LogP contribution in [0.25, 0.3) is 0 Å². The Morgan fingerprint density at radius 3 is 2.80 bits per heavy atom. The van der Waals surface area contributed by atoms with Gasteiger partial charge in [-0.3, -0.25) is 0 Å². The van der Waals surface area contributed by atoms with Gasteiger partial charge >= 0.3 is 5.97 Å². The summed E-state index contributed by atoms with van der Waals surface area (Å²) in [4.78, 5) is 15.0. The molecule has 0 fully saturated rings. The Morgan fingerprint density at radius 2 is 2.20 bits per heavy atom. The van der Waals surface area contributed by atoms with E-state index in [4.69, 9.17) is 15.6 Å². The predicted octanol–water partition coefficient (Wildman–Crippen LogP) is 2.88. The largest absolute Gasteiger partial charge is 0.496 e. The van der Waals surface area contributed by atoms with Crippen molar-refractivity contribution in [3.63, 3.8) is 0 Å². The highest BCUT2D eigenvalue weighted by Gasteiger charge is 2.10. The van der Waals surface area contributed by atoms with Crippen molar-refractivity contribution < 1.29 is 14.6 Å². The zero-order valence-corrected chi connectivity index (χ0v) is 12.1. The molecule has 104 valence electrons. The van der Waals surface area contributed by atoms with E-state index in [1.54, 1.807) is 25.3 Å². The molecule has 7 heteroatoms. The fourth-order valence-electron chi connectivity index (χ4n) is 1.61. The fraction of sp³-hybridized carbons (Fsp3) is 0.0769. The number of nitrogen functional groups attached to an aromatic ring is 1. The van der Waals surface area contributed by atoms with Crippen LogP contribution in [0.5, 0.6) is 5.75 Å². The minimum Gasteiger partial charge on any atom is -0.496 e. The van der Waals surface area contributed by atoms with Crippen LogP contribution in [0.3, 0.4) is 0 Å². The van der Waals surface area contributed by atoms with Crippen molar-refractivity contribution in [1.82, 2.24) is 4.98 Å².